The van der Waals surface area contributed by atoms with Gasteiger partial charge in [-0.3, -0.25) is 0 Å². The van der Waals surface area contributed by atoms with Crippen LogP contribution in [0.25, 0.3) is 22.2 Å². The first-order chi connectivity index (χ1) is 8.40. The van der Waals surface area contributed by atoms with E-state index in [1.54, 1.807) is 0 Å². The second kappa shape index (κ2) is 4.06. The first kappa shape index (κ1) is 10.1. The second-order valence-electron chi connectivity index (χ2n) is 4.02. The minimum Gasteiger partial charge on any atom is -0.354 e. The number of aromatic amines is 1. The molecule has 1 nitrogen and oxygen atoms in total. The summed E-state index contributed by atoms with van der Waals surface area (Å²) in [5.74, 6) is 0. The maximum Gasteiger partial charge on any atom is 0.117 e. The molecule has 0 spiro atoms. The zero-order chi connectivity index (χ0) is 11.7. The summed E-state index contributed by atoms with van der Waals surface area (Å²) in [6.45, 7) is -0.450. The van der Waals surface area contributed by atoms with Crippen molar-refractivity contribution in [3.8, 4) is 11.3 Å². The van der Waals surface area contributed by atoms with Crippen molar-refractivity contribution in [3.63, 3.8) is 0 Å². The lowest BCUT2D eigenvalue weighted by atomic mass is 10.1. The molecule has 0 unspecified atom stereocenters. The van der Waals surface area contributed by atoms with Gasteiger partial charge < -0.3 is 4.98 Å². The maximum atomic E-state index is 13.2. The van der Waals surface area contributed by atoms with Gasteiger partial charge in [-0.15, -0.1) is 0 Å². The van der Waals surface area contributed by atoms with E-state index in [-0.39, 0.29) is 0 Å². The van der Waals surface area contributed by atoms with E-state index in [9.17, 15) is 4.39 Å². The molecule has 3 aromatic rings. The van der Waals surface area contributed by atoms with Crippen LogP contribution < -0.4 is 0 Å². The van der Waals surface area contributed by atoms with Crippen molar-refractivity contribution >= 4 is 10.9 Å². The van der Waals surface area contributed by atoms with Crippen LogP contribution in [0.2, 0.25) is 0 Å². The molecule has 0 aliphatic rings. The van der Waals surface area contributed by atoms with E-state index in [1.165, 1.54) is 0 Å². The molecule has 0 amide bonds. The van der Waals surface area contributed by atoms with Crippen LogP contribution in [-0.4, -0.2) is 4.98 Å². The molecular weight excluding hydrogens is 213 g/mol. The third kappa shape index (κ3) is 1.62. The fourth-order valence-electron chi connectivity index (χ4n) is 2.19. The zero-order valence-corrected chi connectivity index (χ0v) is 9.28. The molecule has 2 aromatic carbocycles. The molecule has 0 saturated heterocycles. The average Bonchev–Trinajstić information content (AvgIpc) is 2.78. The molecule has 1 aromatic heterocycles. The molecule has 2 heteroatoms. The molecule has 84 valence electrons. The predicted octanol–water partition coefficient (Wildman–Crippen LogP) is 4.30. The third-order valence-electron chi connectivity index (χ3n) is 3.01. The number of hydrogen-bond acceptors (Lipinski definition) is 0. The van der Waals surface area contributed by atoms with Crippen molar-refractivity contribution in [1.29, 1.82) is 0 Å². The molecule has 0 aliphatic carbocycles. The van der Waals surface area contributed by atoms with Gasteiger partial charge in [-0.25, -0.2) is 4.39 Å². The van der Waals surface area contributed by atoms with E-state index in [0.717, 1.165) is 27.7 Å². The van der Waals surface area contributed by atoms with E-state index in [0.29, 0.717) is 0 Å². The molecule has 17 heavy (non-hydrogen) atoms. The average molecular weight is 225 g/mol. The molecule has 1 N–H and O–H groups in total. The SMILES string of the molecule is FCc1c(-c2ccccc2)[nH]c2ccccc12. The highest BCUT2D eigenvalue weighted by Gasteiger charge is 2.11. The van der Waals surface area contributed by atoms with Gasteiger partial charge in [0.05, 0.1) is 5.69 Å². The fourth-order valence-corrected chi connectivity index (χ4v) is 2.19. The summed E-state index contributed by atoms with van der Waals surface area (Å²) >= 11 is 0. The maximum absolute atomic E-state index is 13.2. The van der Waals surface area contributed by atoms with Crippen molar-refractivity contribution < 1.29 is 4.39 Å². The van der Waals surface area contributed by atoms with E-state index >= 15 is 0 Å². The van der Waals surface area contributed by atoms with Gasteiger partial charge in [-0.05, 0) is 11.6 Å². The summed E-state index contributed by atoms with van der Waals surface area (Å²) in [6.07, 6.45) is 0. The minimum atomic E-state index is -0.450. The Labute approximate surface area is 98.9 Å². The zero-order valence-electron chi connectivity index (χ0n) is 9.28. The quantitative estimate of drug-likeness (QED) is 0.669. The highest BCUT2D eigenvalue weighted by atomic mass is 19.1. The Morgan fingerprint density at radius 2 is 1.59 bits per heavy atom. The fraction of sp³-hybridized carbons (Fsp3) is 0.0667. The number of benzene rings is 2. The Hall–Kier alpha value is -2.09. The summed E-state index contributed by atoms with van der Waals surface area (Å²) in [4.78, 5) is 3.29. The third-order valence-corrected chi connectivity index (χ3v) is 3.01. The first-order valence-electron chi connectivity index (χ1n) is 5.61. The van der Waals surface area contributed by atoms with Crippen LogP contribution in [0.4, 0.5) is 4.39 Å². The Morgan fingerprint density at radius 3 is 2.35 bits per heavy atom. The lowest BCUT2D eigenvalue weighted by molar-refractivity contribution is 0.488. The van der Waals surface area contributed by atoms with Gasteiger partial charge in [0, 0.05) is 16.5 Å². The summed E-state index contributed by atoms with van der Waals surface area (Å²) < 4.78 is 13.2. The molecular formula is C15H12FN. The lowest BCUT2D eigenvalue weighted by Crippen LogP contribution is -1.83. The van der Waals surface area contributed by atoms with Gasteiger partial charge in [0.15, 0.2) is 0 Å². The molecule has 0 fully saturated rings. The molecule has 0 bridgehead atoms. The monoisotopic (exact) mass is 225 g/mol. The van der Waals surface area contributed by atoms with Crippen LogP contribution in [0.5, 0.6) is 0 Å². The van der Waals surface area contributed by atoms with Gasteiger partial charge >= 0.3 is 0 Å². The summed E-state index contributed by atoms with van der Waals surface area (Å²) in [6, 6.07) is 17.7. The molecule has 1 heterocycles. The van der Waals surface area contributed by atoms with Crippen molar-refractivity contribution in [2.75, 3.05) is 0 Å². The number of hydrogen-bond donors (Lipinski definition) is 1. The number of halogens is 1. The van der Waals surface area contributed by atoms with E-state index < -0.39 is 6.67 Å². The van der Waals surface area contributed by atoms with Crippen LogP contribution in [0.3, 0.4) is 0 Å². The van der Waals surface area contributed by atoms with Crippen LogP contribution in [0.1, 0.15) is 5.56 Å². The lowest BCUT2D eigenvalue weighted by Gasteiger charge is -2.00. The normalized spacial score (nSPS) is 10.9. The number of aromatic nitrogens is 1. The first-order valence-corrected chi connectivity index (χ1v) is 5.61. The largest absolute Gasteiger partial charge is 0.354 e. The number of alkyl halides is 1. The Morgan fingerprint density at radius 1 is 0.882 bits per heavy atom. The minimum absolute atomic E-state index is 0.450. The van der Waals surface area contributed by atoms with Crippen molar-refractivity contribution in [3.05, 3.63) is 60.2 Å². The summed E-state index contributed by atoms with van der Waals surface area (Å²) in [5, 5.41) is 0.967. The summed E-state index contributed by atoms with van der Waals surface area (Å²) in [5.41, 5.74) is 3.64. The van der Waals surface area contributed by atoms with Gasteiger partial charge in [-0.2, -0.15) is 0 Å². The van der Waals surface area contributed by atoms with E-state index in [2.05, 4.69) is 4.98 Å². The van der Waals surface area contributed by atoms with Gasteiger partial charge in [-0.1, -0.05) is 48.5 Å². The van der Waals surface area contributed by atoms with Crippen LogP contribution >= 0.6 is 0 Å². The predicted molar refractivity (Wildman–Crippen MR) is 68.5 cm³/mol. The van der Waals surface area contributed by atoms with Crippen LogP contribution in [-0.2, 0) is 6.67 Å². The van der Waals surface area contributed by atoms with Crippen molar-refractivity contribution in [2.24, 2.45) is 0 Å². The molecule has 0 radical (unpaired) electrons. The van der Waals surface area contributed by atoms with Crippen LogP contribution in [0, 0.1) is 0 Å². The molecule has 0 aliphatic heterocycles. The molecule has 0 saturated carbocycles. The van der Waals surface area contributed by atoms with Crippen molar-refractivity contribution in [2.45, 2.75) is 6.67 Å². The van der Waals surface area contributed by atoms with Crippen LogP contribution in [0.15, 0.2) is 54.6 Å². The number of para-hydroxylation sites is 1. The standard InChI is InChI=1S/C15H12FN/c16-10-13-12-8-4-5-9-14(12)17-15(13)11-6-2-1-3-7-11/h1-9,17H,10H2. The second-order valence-corrected chi connectivity index (χ2v) is 4.02. The van der Waals surface area contributed by atoms with E-state index in [4.69, 9.17) is 0 Å². The van der Waals surface area contributed by atoms with Gasteiger partial charge in [0.2, 0.25) is 0 Å². The Kier molecular flexibility index (Phi) is 2.41. The number of fused-ring (bicyclic) bond motifs is 1. The van der Waals surface area contributed by atoms with Gasteiger partial charge in [0.25, 0.3) is 0 Å². The highest BCUT2D eigenvalue weighted by molar-refractivity contribution is 5.90. The number of rotatable bonds is 2. The topological polar surface area (TPSA) is 15.8 Å². The summed E-state index contributed by atoms with van der Waals surface area (Å²) in [7, 11) is 0. The smallest absolute Gasteiger partial charge is 0.117 e. The number of H-pyrrole nitrogens is 1. The molecule has 0 atom stereocenters. The van der Waals surface area contributed by atoms with E-state index in [1.807, 2.05) is 54.6 Å². The molecule has 3 rings (SSSR count). The Balaban J connectivity index is 2.30. The number of nitrogens with one attached hydrogen (secondary N) is 1. The highest BCUT2D eigenvalue weighted by Crippen LogP contribution is 2.30. The van der Waals surface area contributed by atoms with Crippen molar-refractivity contribution in [1.82, 2.24) is 4.98 Å². The van der Waals surface area contributed by atoms with Gasteiger partial charge in [0.1, 0.15) is 6.67 Å². The Bertz CT molecular complexity index is 640.